The zero-order valence-electron chi connectivity index (χ0n) is 17.3. The number of benzene rings is 2. The van der Waals surface area contributed by atoms with Crippen LogP contribution in [0.5, 0.6) is 5.75 Å². The third-order valence-electron chi connectivity index (χ3n) is 5.26. The molecule has 1 N–H and O–H groups in total. The summed E-state index contributed by atoms with van der Waals surface area (Å²) in [5.74, 6) is -0.879. The Balaban J connectivity index is 1.64. The highest BCUT2D eigenvalue weighted by atomic mass is 32.2. The molecule has 1 atom stereocenters. The highest BCUT2D eigenvalue weighted by molar-refractivity contribution is 7.89. The minimum atomic E-state index is -4.24. The van der Waals surface area contributed by atoms with Gasteiger partial charge in [-0.1, -0.05) is 36.4 Å². The van der Waals surface area contributed by atoms with Crippen LogP contribution in [0.4, 0.5) is 5.82 Å². The molecule has 0 radical (unpaired) electrons. The summed E-state index contributed by atoms with van der Waals surface area (Å²) in [6, 6.07) is 18.4. The Morgan fingerprint density at radius 2 is 1.84 bits per heavy atom. The van der Waals surface area contributed by atoms with Gasteiger partial charge in [-0.15, -0.1) is 0 Å². The molecular formula is C23H21N3O5S. The Hall–Kier alpha value is -3.72. The summed E-state index contributed by atoms with van der Waals surface area (Å²) in [5.41, 5.74) is 0.996. The normalized spacial score (nSPS) is 16.1. The van der Waals surface area contributed by atoms with Gasteiger partial charge < -0.3 is 10.1 Å². The van der Waals surface area contributed by atoms with Crippen molar-refractivity contribution in [1.82, 2.24) is 9.29 Å². The van der Waals surface area contributed by atoms with E-state index in [4.69, 9.17) is 4.74 Å². The van der Waals surface area contributed by atoms with Gasteiger partial charge in [0.1, 0.15) is 16.5 Å². The number of hydrogen-bond donors (Lipinski definition) is 1. The number of carbonyl (C=O) groups is 2. The molecule has 8 nitrogen and oxygen atoms in total. The molecule has 1 unspecified atom stereocenters. The number of hydrogen-bond acceptors (Lipinski definition) is 6. The Morgan fingerprint density at radius 1 is 1.09 bits per heavy atom. The van der Waals surface area contributed by atoms with Crippen molar-refractivity contribution in [3.63, 3.8) is 0 Å². The van der Waals surface area contributed by atoms with Crippen molar-refractivity contribution in [3.05, 3.63) is 84.1 Å². The van der Waals surface area contributed by atoms with Crippen LogP contribution < -0.4 is 10.1 Å². The van der Waals surface area contributed by atoms with Crippen molar-refractivity contribution in [2.45, 2.75) is 17.2 Å². The monoisotopic (exact) mass is 451 g/mol. The Labute approximate surface area is 185 Å². The van der Waals surface area contributed by atoms with E-state index in [2.05, 4.69) is 10.3 Å². The zero-order valence-corrected chi connectivity index (χ0v) is 18.1. The topological polar surface area (TPSA) is 106 Å². The molecule has 0 saturated carbocycles. The number of pyridine rings is 1. The van der Waals surface area contributed by atoms with Crippen molar-refractivity contribution in [1.29, 1.82) is 0 Å². The lowest BCUT2D eigenvalue weighted by atomic mass is 9.99. The van der Waals surface area contributed by atoms with Crippen LogP contribution in [0.1, 0.15) is 28.3 Å². The molecule has 0 spiro atoms. The Bertz CT molecular complexity index is 1250. The fourth-order valence-corrected chi connectivity index (χ4v) is 5.26. The number of aromatic nitrogens is 1. The summed E-state index contributed by atoms with van der Waals surface area (Å²) in [7, 11) is -2.90. The Kier molecular flexibility index (Phi) is 5.91. The van der Waals surface area contributed by atoms with Crippen LogP contribution in [0, 0.1) is 0 Å². The van der Waals surface area contributed by atoms with Crippen LogP contribution in [-0.4, -0.2) is 43.2 Å². The van der Waals surface area contributed by atoms with Gasteiger partial charge in [0.05, 0.1) is 7.11 Å². The third-order valence-corrected chi connectivity index (χ3v) is 7.06. The molecule has 4 rings (SSSR count). The average Bonchev–Trinajstić information content (AvgIpc) is 3.22. The number of ether oxygens (including phenoxy) is 1. The second kappa shape index (κ2) is 8.80. The summed E-state index contributed by atoms with van der Waals surface area (Å²) < 4.78 is 32.9. The molecule has 2 heterocycles. The molecule has 9 heteroatoms. The van der Waals surface area contributed by atoms with Crippen LogP contribution in [0.15, 0.2) is 77.8 Å². The van der Waals surface area contributed by atoms with E-state index in [1.165, 1.54) is 31.5 Å². The molecule has 2 amide bonds. The summed E-state index contributed by atoms with van der Waals surface area (Å²) >= 11 is 0. The van der Waals surface area contributed by atoms with Crippen molar-refractivity contribution in [2.75, 3.05) is 19.0 Å². The molecule has 1 aromatic heterocycles. The fraction of sp³-hybridized carbons (Fsp3) is 0.174. The number of methoxy groups -OCH3 is 1. The fourth-order valence-electron chi connectivity index (χ4n) is 3.62. The van der Waals surface area contributed by atoms with Crippen LogP contribution >= 0.6 is 0 Å². The summed E-state index contributed by atoms with van der Waals surface area (Å²) in [5, 5.41) is 2.61. The molecule has 0 bridgehead atoms. The molecule has 164 valence electrons. The number of amides is 2. The van der Waals surface area contributed by atoms with Crippen LogP contribution in [0.25, 0.3) is 0 Å². The molecule has 3 aromatic rings. The van der Waals surface area contributed by atoms with Gasteiger partial charge in [-0.3, -0.25) is 9.59 Å². The summed E-state index contributed by atoms with van der Waals surface area (Å²) in [6.45, 7) is 0.0265. The highest BCUT2D eigenvalue weighted by Gasteiger charge is 2.40. The first kappa shape index (κ1) is 21.5. The highest BCUT2D eigenvalue weighted by Crippen LogP contribution is 2.35. The van der Waals surface area contributed by atoms with Gasteiger partial charge in [-0.2, -0.15) is 0 Å². The molecule has 2 aromatic carbocycles. The van der Waals surface area contributed by atoms with E-state index in [0.29, 0.717) is 5.82 Å². The number of nitrogens with one attached hydrogen (secondary N) is 1. The number of nitrogens with zero attached hydrogens (tertiary/aromatic N) is 2. The number of rotatable bonds is 6. The maximum atomic E-state index is 13.4. The number of sulfonamides is 1. The molecule has 1 fully saturated rings. The molecule has 1 aliphatic rings. The van der Waals surface area contributed by atoms with E-state index < -0.39 is 21.8 Å². The largest absolute Gasteiger partial charge is 0.495 e. The van der Waals surface area contributed by atoms with Gasteiger partial charge in [0.15, 0.2) is 0 Å². The molecule has 1 saturated heterocycles. The van der Waals surface area contributed by atoms with E-state index in [9.17, 15) is 18.0 Å². The quantitative estimate of drug-likeness (QED) is 0.618. The molecule has 0 aliphatic carbocycles. The predicted molar refractivity (Wildman–Crippen MR) is 118 cm³/mol. The van der Waals surface area contributed by atoms with Crippen LogP contribution in [-0.2, 0) is 14.8 Å². The lowest BCUT2D eigenvalue weighted by molar-refractivity contribution is -0.123. The summed E-state index contributed by atoms with van der Waals surface area (Å²) in [4.78, 5) is 29.1. The van der Waals surface area contributed by atoms with E-state index in [-0.39, 0.29) is 35.1 Å². The third kappa shape index (κ3) is 4.19. The van der Waals surface area contributed by atoms with Gasteiger partial charge in [0, 0.05) is 30.6 Å². The Morgan fingerprint density at radius 3 is 2.53 bits per heavy atom. The zero-order chi connectivity index (χ0) is 22.7. The first-order valence-corrected chi connectivity index (χ1v) is 11.3. The maximum absolute atomic E-state index is 13.4. The second-order valence-corrected chi connectivity index (χ2v) is 9.11. The average molecular weight is 452 g/mol. The minimum absolute atomic E-state index is 0.0265. The first-order valence-electron chi connectivity index (χ1n) is 9.91. The van der Waals surface area contributed by atoms with E-state index >= 15 is 0 Å². The van der Waals surface area contributed by atoms with E-state index in [1.807, 2.05) is 30.3 Å². The van der Waals surface area contributed by atoms with Crippen LogP contribution in [0.3, 0.4) is 0 Å². The van der Waals surface area contributed by atoms with Crippen LogP contribution in [0.2, 0.25) is 0 Å². The number of anilines is 1. The minimum Gasteiger partial charge on any atom is -0.495 e. The van der Waals surface area contributed by atoms with Gasteiger partial charge in [-0.05, 0) is 35.9 Å². The van der Waals surface area contributed by atoms with Crippen molar-refractivity contribution < 1.29 is 22.7 Å². The maximum Gasteiger partial charge on any atom is 0.270 e. The van der Waals surface area contributed by atoms with Gasteiger partial charge in [0.2, 0.25) is 5.91 Å². The lowest BCUT2D eigenvalue weighted by Crippen LogP contribution is -2.32. The smallest absolute Gasteiger partial charge is 0.270 e. The number of carbonyl (C=O) groups excluding carboxylic acids is 2. The van der Waals surface area contributed by atoms with E-state index in [1.54, 1.807) is 18.2 Å². The van der Waals surface area contributed by atoms with E-state index in [0.717, 1.165) is 9.87 Å². The standard InChI is InChI=1S/C23H21N3O5S/c1-31-19-11-10-17(23(28)25-21-9-5-6-12-24-21)13-20(19)32(29,30)26-15-18(14-22(26)27)16-7-3-2-4-8-16/h2-13,18H,14-15H2,1H3,(H,24,25,28). The lowest BCUT2D eigenvalue weighted by Gasteiger charge is -2.19. The molecular weight excluding hydrogens is 430 g/mol. The molecule has 32 heavy (non-hydrogen) atoms. The van der Waals surface area contributed by atoms with Gasteiger partial charge in [-0.25, -0.2) is 17.7 Å². The van der Waals surface area contributed by atoms with Gasteiger partial charge >= 0.3 is 0 Å². The van der Waals surface area contributed by atoms with Crippen molar-refractivity contribution in [3.8, 4) is 5.75 Å². The SMILES string of the molecule is COc1ccc(C(=O)Nc2ccccn2)cc1S(=O)(=O)N1CC(c2ccccc2)CC1=O. The van der Waals surface area contributed by atoms with Crippen molar-refractivity contribution in [2.24, 2.45) is 0 Å². The first-order chi connectivity index (χ1) is 15.4. The second-order valence-electron chi connectivity index (χ2n) is 7.28. The predicted octanol–water partition coefficient (Wildman–Crippen LogP) is 3.05. The summed E-state index contributed by atoms with van der Waals surface area (Å²) in [6.07, 6.45) is 1.62. The van der Waals surface area contributed by atoms with Crippen molar-refractivity contribution >= 4 is 27.7 Å². The van der Waals surface area contributed by atoms with Gasteiger partial charge in [0.25, 0.3) is 15.9 Å². The molecule has 1 aliphatic heterocycles.